The van der Waals surface area contributed by atoms with Crippen LogP contribution in [0.4, 0.5) is 8.78 Å². The van der Waals surface area contributed by atoms with Crippen LogP contribution in [0.5, 0.6) is 5.75 Å². The van der Waals surface area contributed by atoms with Gasteiger partial charge in [-0.3, -0.25) is 4.55 Å². The molecule has 0 amide bonds. The first-order valence-electron chi connectivity index (χ1n) is 2.83. The lowest BCUT2D eigenvalue weighted by molar-refractivity contribution is 0.453. The van der Waals surface area contributed by atoms with Crippen molar-refractivity contribution in [3.8, 4) is 5.75 Å². The summed E-state index contributed by atoms with van der Waals surface area (Å²) in [6, 6.07) is 2.24. The van der Waals surface area contributed by atoms with E-state index in [4.69, 9.17) is 4.55 Å². The third-order valence-corrected chi connectivity index (χ3v) is 1.34. The molecule has 1 aromatic rings. The third kappa shape index (κ3) is 2.55. The predicted molar refractivity (Wildman–Crippen MR) is 37.8 cm³/mol. The summed E-state index contributed by atoms with van der Waals surface area (Å²) in [5.74, 6) is -2.06. The summed E-state index contributed by atoms with van der Waals surface area (Å²) >= 11 is -2.57. The lowest BCUT2D eigenvalue weighted by atomic mass is 10.3. The van der Waals surface area contributed by atoms with E-state index < -0.39 is 23.0 Å². The van der Waals surface area contributed by atoms with Gasteiger partial charge >= 0.3 is 11.4 Å². The molecule has 3 nitrogen and oxygen atoms in total. The molecule has 1 rings (SSSR count). The van der Waals surface area contributed by atoms with Gasteiger partial charge in [-0.1, -0.05) is 0 Å². The van der Waals surface area contributed by atoms with Crippen molar-refractivity contribution in [3.05, 3.63) is 29.8 Å². The minimum absolute atomic E-state index is 0.326. The van der Waals surface area contributed by atoms with Crippen LogP contribution in [0.25, 0.3) is 0 Å². The summed E-state index contributed by atoms with van der Waals surface area (Å²) in [6.07, 6.45) is 0. The van der Waals surface area contributed by atoms with Gasteiger partial charge in [-0.05, 0) is 0 Å². The van der Waals surface area contributed by atoms with Crippen LogP contribution in [-0.4, -0.2) is 8.76 Å². The van der Waals surface area contributed by atoms with Gasteiger partial charge < -0.3 is 4.18 Å². The monoisotopic (exact) mass is 194 g/mol. The van der Waals surface area contributed by atoms with Gasteiger partial charge in [0.2, 0.25) is 0 Å². The molecule has 0 bridgehead atoms. The molecular formula is C6H4F2O3S. The topological polar surface area (TPSA) is 46.5 Å². The van der Waals surface area contributed by atoms with E-state index >= 15 is 0 Å². The van der Waals surface area contributed by atoms with Crippen molar-refractivity contribution >= 4 is 11.4 Å². The van der Waals surface area contributed by atoms with Gasteiger partial charge in [0.25, 0.3) is 0 Å². The van der Waals surface area contributed by atoms with Gasteiger partial charge in [0, 0.05) is 18.2 Å². The van der Waals surface area contributed by atoms with E-state index in [0.717, 1.165) is 12.1 Å². The Morgan fingerprint density at radius 2 is 1.75 bits per heavy atom. The van der Waals surface area contributed by atoms with Gasteiger partial charge in [0.1, 0.15) is 17.4 Å². The van der Waals surface area contributed by atoms with Crippen molar-refractivity contribution in [3.63, 3.8) is 0 Å². The molecule has 0 heterocycles. The zero-order valence-corrected chi connectivity index (χ0v) is 6.48. The van der Waals surface area contributed by atoms with E-state index in [1.807, 2.05) is 0 Å². The summed E-state index contributed by atoms with van der Waals surface area (Å²) in [4.78, 5) is 0. The van der Waals surface area contributed by atoms with Crippen molar-refractivity contribution in [2.45, 2.75) is 0 Å². The second-order valence-corrected chi connectivity index (χ2v) is 2.51. The highest BCUT2D eigenvalue weighted by Gasteiger charge is 2.03. The second kappa shape index (κ2) is 3.59. The maximum atomic E-state index is 12.4. The van der Waals surface area contributed by atoms with Crippen LogP contribution in [0, 0.1) is 11.6 Å². The van der Waals surface area contributed by atoms with E-state index in [9.17, 15) is 13.0 Å². The largest absolute Gasteiger partial charge is 0.380 e. The molecule has 0 aliphatic heterocycles. The molecule has 0 radical (unpaired) electrons. The Morgan fingerprint density at radius 1 is 1.25 bits per heavy atom. The Labute approximate surface area is 69.5 Å². The third-order valence-electron chi connectivity index (χ3n) is 1.00. The fraction of sp³-hybridized carbons (Fsp3) is 0. The van der Waals surface area contributed by atoms with Crippen LogP contribution in [0.1, 0.15) is 0 Å². The maximum Gasteiger partial charge on any atom is 0.357 e. The minimum atomic E-state index is -2.57. The first-order valence-corrected chi connectivity index (χ1v) is 3.86. The minimum Gasteiger partial charge on any atom is -0.380 e. The highest BCUT2D eigenvalue weighted by molar-refractivity contribution is 7.74. The summed E-state index contributed by atoms with van der Waals surface area (Å²) < 4.78 is 47.1. The molecule has 0 aliphatic rings. The molecule has 1 atom stereocenters. The van der Waals surface area contributed by atoms with Crippen molar-refractivity contribution < 1.29 is 21.7 Å². The van der Waals surface area contributed by atoms with Crippen LogP contribution in [-0.2, 0) is 11.4 Å². The molecule has 1 N–H and O–H groups in total. The Balaban J connectivity index is 2.93. The summed E-state index contributed by atoms with van der Waals surface area (Å²) in [7, 11) is 0. The molecule has 0 fully saturated rings. The molecule has 12 heavy (non-hydrogen) atoms. The average Bonchev–Trinajstić information content (AvgIpc) is 1.81. The normalized spacial score (nSPS) is 12.6. The molecular weight excluding hydrogens is 190 g/mol. The quantitative estimate of drug-likeness (QED) is 0.725. The lowest BCUT2D eigenvalue weighted by Gasteiger charge is -1.99. The fourth-order valence-electron chi connectivity index (χ4n) is 0.659. The van der Waals surface area contributed by atoms with E-state index in [2.05, 4.69) is 4.18 Å². The molecule has 0 saturated heterocycles. The molecule has 0 aliphatic carbocycles. The maximum absolute atomic E-state index is 12.4. The summed E-state index contributed by atoms with van der Waals surface area (Å²) in [5.41, 5.74) is 0. The molecule has 0 saturated carbocycles. The zero-order chi connectivity index (χ0) is 9.14. The number of hydrogen-bond donors (Lipinski definition) is 1. The Kier molecular flexibility index (Phi) is 2.72. The van der Waals surface area contributed by atoms with Gasteiger partial charge in [-0.2, -0.15) is 4.21 Å². The van der Waals surface area contributed by atoms with E-state index in [1.165, 1.54) is 0 Å². The standard InChI is InChI=1S/C6H4F2O3S/c7-4-1-5(8)3-6(2-4)11-12(9)10/h1-3H,(H,9,10). The number of hydrogen-bond acceptors (Lipinski definition) is 2. The van der Waals surface area contributed by atoms with Gasteiger partial charge in [-0.25, -0.2) is 8.78 Å². The second-order valence-electron chi connectivity index (χ2n) is 1.91. The first-order chi connectivity index (χ1) is 5.58. The van der Waals surface area contributed by atoms with Crippen molar-refractivity contribution in [1.29, 1.82) is 0 Å². The van der Waals surface area contributed by atoms with Gasteiger partial charge in [-0.15, -0.1) is 0 Å². The van der Waals surface area contributed by atoms with Crippen LogP contribution < -0.4 is 4.18 Å². The molecule has 0 aromatic heterocycles. The molecule has 66 valence electrons. The Bertz CT molecular complexity index is 295. The number of halogens is 2. The molecule has 0 spiro atoms. The SMILES string of the molecule is O=S(O)Oc1cc(F)cc(F)c1. The van der Waals surface area contributed by atoms with Gasteiger partial charge in [0.05, 0.1) is 0 Å². The van der Waals surface area contributed by atoms with Crippen LogP contribution in [0.15, 0.2) is 18.2 Å². The van der Waals surface area contributed by atoms with Gasteiger partial charge in [0.15, 0.2) is 0 Å². The molecule has 1 aromatic carbocycles. The fourth-order valence-corrected chi connectivity index (χ4v) is 0.920. The Morgan fingerprint density at radius 3 is 2.17 bits per heavy atom. The Hall–Kier alpha value is -1.01. The number of rotatable bonds is 2. The highest BCUT2D eigenvalue weighted by Crippen LogP contribution is 2.15. The van der Waals surface area contributed by atoms with Crippen LogP contribution in [0.2, 0.25) is 0 Å². The summed E-state index contributed by atoms with van der Waals surface area (Å²) in [5, 5.41) is 0. The smallest absolute Gasteiger partial charge is 0.357 e. The van der Waals surface area contributed by atoms with Crippen molar-refractivity contribution in [2.75, 3.05) is 0 Å². The lowest BCUT2D eigenvalue weighted by Crippen LogP contribution is -1.98. The first kappa shape index (κ1) is 9.08. The molecule has 6 heteroatoms. The van der Waals surface area contributed by atoms with Crippen LogP contribution in [0.3, 0.4) is 0 Å². The summed E-state index contributed by atoms with van der Waals surface area (Å²) in [6.45, 7) is 0. The average molecular weight is 194 g/mol. The predicted octanol–water partition coefficient (Wildman–Crippen LogP) is 1.48. The van der Waals surface area contributed by atoms with E-state index in [1.54, 1.807) is 0 Å². The number of benzene rings is 1. The van der Waals surface area contributed by atoms with E-state index in [0.29, 0.717) is 6.07 Å². The molecule has 1 unspecified atom stereocenters. The van der Waals surface area contributed by atoms with Crippen molar-refractivity contribution in [2.24, 2.45) is 0 Å². The highest BCUT2D eigenvalue weighted by atomic mass is 32.2. The zero-order valence-electron chi connectivity index (χ0n) is 5.66. The van der Waals surface area contributed by atoms with E-state index in [-0.39, 0.29) is 5.75 Å². The van der Waals surface area contributed by atoms with Crippen LogP contribution >= 0.6 is 0 Å². The van der Waals surface area contributed by atoms with Crippen molar-refractivity contribution in [1.82, 2.24) is 0 Å².